The third-order valence-corrected chi connectivity index (χ3v) is 3.10. The van der Waals surface area contributed by atoms with Crippen molar-refractivity contribution in [1.29, 1.82) is 0 Å². The van der Waals surface area contributed by atoms with Gasteiger partial charge in [-0.3, -0.25) is 4.90 Å². The number of nitrogens with one attached hydrogen (secondary N) is 1. The maximum absolute atomic E-state index is 5.47. The summed E-state index contributed by atoms with van der Waals surface area (Å²) in [5, 5.41) is 3.41. The summed E-state index contributed by atoms with van der Waals surface area (Å²) in [5.41, 5.74) is 0. The molecule has 0 aromatic heterocycles. The SMILES string of the molecule is COCCOCCOCCNCCN(C(C)C)C(C)C. The molecule has 122 valence electrons. The molecular formula is C15H34N2O3. The van der Waals surface area contributed by atoms with Gasteiger partial charge in [0.1, 0.15) is 0 Å². The molecule has 0 rings (SSSR count). The third-order valence-electron chi connectivity index (χ3n) is 3.10. The molecule has 0 spiro atoms. The average molecular weight is 290 g/mol. The Labute approximate surface area is 124 Å². The summed E-state index contributed by atoms with van der Waals surface area (Å²) in [6, 6.07) is 1.19. The zero-order valence-corrected chi connectivity index (χ0v) is 14.0. The molecule has 20 heavy (non-hydrogen) atoms. The Morgan fingerprint density at radius 2 is 1.35 bits per heavy atom. The van der Waals surface area contributed by atoms with Crippen LogP contribution in [0.25, 0.3) is 0 Å². The minimum absolute atomic E-state index is 0.595. The molecule has 5 heteroatoms. The first-order valence-corrected chi connectivity index (χ1v) is 7.70. The van der Waals surface area contributed by atoms with Gasteiger partial charge in [-0.15, -0.1) is 0 Å². The fourth-order valence-electron chi connectivity index (χ4n) is 2.05. The van der Waals surface area contributed by atoms with Crippen molar-refractivity contribution in [3.8, 4) is 0 Å². The van der Waals surface area contributed by atoms with Crippen LogP contribution < -0.4 is 5.32 Å². The van der Waals surface area contributed by atoms with Crippen LogP contribution in [-0.2, 0) is 14.2 Å². The monoisotopic (exact) mass is 290 g/mol. The summed E-state index contributed by atoms with van der Waals surface area (Å²) in [4.78, 5) is 2.48. The van der Waals surface area contributed by atoms with E-state index in [1.165, 1.54) is 0 Å². The van der Waals surface area contributed by atoms with E-state index in [1.807, 2.05) is 0 Å². The fraction of sp³-hybridized carbons (Fsp3) is 1.00. The largest absolute Gasteiger partial charge is 0.382 e. The Morgan fingerprint density at radius 1 is 0.800 bits per heavy atom. The first-order chi connectivity index (χ1) is 9.59. The van der Waals surface area contributed by atoms with Gasteiger partial charge in [-0.25, -0.2) is 0 Å². The van der Waals surface area contributed by atoms with Crippen LogP contribution in [0.3, 0.4) is 0 Å². The van der Waals surface area contributed by atoms with Crippen molar-refractivity contribution in [3.63, 3.8) is 0 Å². The number of hydrogen-bond donors (Lipinski definition) is 1. The van der Waals surface area contributed by atoms with Crippen LogP contribution in [0.5, 0.6) is 0 Å². The van der Waals surface area contributed by atoms with Crippen LogP contribution in [0.15, 0.2) is 0 Å². The van der Waals surface area contributed by atoms with E-state index in [2.05, 4.69) is 37.9 Å². The molecule has 0 aliphatic heterocycles. The van der Waals surface area contributed by atoms with Crippen LogP contribution in [0, 0.1) is 0 Å². The van der Waals surface area contributed by atoms with Gasteiger partial charge >= 0.3 is 0 Å². The highest BCUT2D eigenvalue weighted by atomic mass is 16.5. The summed E-state index contributed by atoms with van der Waals surface area (Å²) in [6.45, 7) is 15.2. The Balaban J connectivity index is 3.27. The Kier molecular flexibility index (Phi) is 13.6. The highest BCUT2D eigenvalue weighted by molar-refractivity contribution is 4.68. The standard InChI is InChI=1S/C15H34N2O3/c1-14(2)17(15(3)4)8-6-16-7-9-19-12-13-20-11-10-18-5/h14-16H,6-13H2,1-5H3. The van der Waals surface area contributed by atoms with E-state index in [0.717, 1.165) is 26.2 Å². The van der Waals surface area contributed by atoms with Gasteiger partial charge in [-0.1, -0.05) is 0 Å². The van der Waals surface area contributed by atoms with Crippen molar-refractivity contribution in [1.82, 2.24) is 10.2 Å². The molecule has 0 saturated heterocycles. The first kappa shape index (κ1) is 19.8. The van der Waals surface area contributed by atoms with Crippen LogP contribution in [0.4, 0.5) is 0 Å². The van der Waals surface area contributed by atoms with Gasteiger partial charge in [-0.05, 0) is 27.7 Å². The van der Waals surface area contributed by atoms with E-state index in [1.54, 1.807) is 7.11 Å². The molecule has 0 aliphatic carbocycles. The lowest BCUT2D eigenvalue weighted by Gasteiger charge is -2.30. The van der Waals surface area contributed by atoms with Gasteiger partial charge in [-0.2, -0.15) is 0 Å². The molecule has 0 aromatic carbocycles. The van der Waals surface area contributed by atoms with E-state index in [0.29, 0.717) is 38.5 Å². The van der Waals surface area contributed by atoms with Crippen molar-refractivity contribution in [2.24, 2.45) is 0 Å². The van der Waals surface area contributed by atoms with Crippen molar-refractivity contribution in [2.45, 2.75) is 39.8 Å². The number of nitrogens with zero attached hydrogens (tertiary/aromatic N) is 1. The summed E-state index contributed by atoms with van der Waals surface area (Å²) < 4.78 is 15.7. The topological polar surface area (TPSA) is 43.0 Å². The molecule has 0 heterocycles. The quantitative estimate of drug-likeness (QED) is 0.490. The van der Waals surface area contributed by atoms with Gasteiger partial charge < -0.3 is 19.5 Å². The highest BCUT2D eigenvalue weighted by Crippen LogP contribution is 2.02. The van der Waals surface area contributed by atoms with Crippen LogP contribution in [-0.4, -0.2) is 76.8 Å². The zero-order chi connectivity index (χ0) is 15.2. The van der Waals surface area contributed by atoms with E-state index in [9.17, 15) is 0 Å². The number of rotatable bonds is 14. The van der Waals surface area contributed by atoms with Crippen LogP contribution in [0.2, 0.25) is 0 Å². The van der Waals surface area contributed by atoms with Gasteiger partial charge in [0, 0.05) is 38.8 Å². The van der Waals surface area contributed by atoms with Crippen molar-refractivity contribution in [3.05, 3.63) is 0 Å². The average Bonchev–Trinajstić information content (AvgIpc) is 2.39. The van der Waals surface area contributed by atoms with E-state index < -0.39 is 0 Å². The molecule has 5 nitrogen and oxygen atoms in total. The number of hydrogen-bond acceptors (Lipinski definition) is 5. The lowest BCUT2D eigenvalue weighted by atomic mass is 10.2. The Hall–Kier alpha value is -0.200. The third kappa shape index (κ3) is 11.6. The summed E-state index contributed by atoms with van der Waals surface area (Å²) >= 11 is 0. The van der Waals surface area contributed by atoms with Gasteiger partial charge in [0.25, 0.3) is 0 Å². The number of methoxy groups -OCH3 is 1. The van der Waals surface area contributed by atoms with Gasteiger partial charge in [0.2, 0.25) is 0 Å². The van der Waals surface area contributed by atoms with Gasteiger partial charge in [0.15, 0.2) is 0 Å². The van der Waals surface area contributed by atoms with Crippen molar-refractivity contribution in [2.75, 3.05) is 59.8 Å². The van der Waals surface area contributed by atoms with E-state index >= 15 is 0 Å². The summed E-state index contributed by atoms with van der Waals surface area (Å²) in [6.07, 6.45) is 0. The summed E-state index contributed by atoms with van der Waals surface area (Å²) in [7, 11) is 1.67. The lowest BCUT2D eigenvalue weighted by molar-refractivity contribution is 0.0254. The van der Waals surface area contributed by atoms with Crippen LogP contribution >= 0.6 is 0 Å². The predicted octanol–water partition coefficient (Wildman–Crippen LogP) is 1.37. The minimum atomic E-state index is 0.595. The van der Waals surface area contributed by atoms with Crippen molar-refractivity contribution >= 4 is 0 Å². The Morgan fingerprint density at radius 3 is 1.90 bits per heavy atom. The Bertz CT molecular complexity index is 194. The maximum Gasteiger partial charge on any atom is 0.0701 e. The highest BCUT2D eigenvalue weighted by Gasteiger charge is 2.11. The van der Waals surface area contributed by atoms with Crippen LogP contribution in [0.1, 0.15) is 27.7 Å². The molecule has 0 unspecified atom stereocenters. The molecule has 0 saturated carbocycles. The predicted molar refractivity (Wildman–Crippen MR) is 83.4 cm³/mol. The zero-order valence-electron chi connectivity index (χ0n) is 14.0. The molecular weight excluding hydrogens is 256 g/mol. The van der Waals surface area contributed by atoms with E-state index in [-0.39, 0.29) is 0 Å². The number of ether oxygens (including phenoxy) is 3. The lowest BCUT2D eigenvalue weighted by Crippen LogP contribution is -2.41. The molecule has 0 atom stereocenters. The first-order valence-electron chi connectivity index (χ1n) is 7.70. The van der Waals surface area contributed by atoms with E-state index in [4.69, 9.17) is 14.2 Å². The van der Waals surface area contributed by atoms with Gasteiger partial charge in [0.05, 0.1) is 33.0 Å². The second kappa shape index (κ2) is 13.8. The smallest absolute Gasteiger partial charge is 0.0701 e. The second-order valence-electron chi connectivity index (χ2n) is 5.39. The van der Waals surface area contributed by atoms with Crippen molar-refractivity contribution < 1.29 is 14.2 Å². The molecule has 1 N–H and O–H groups in total. The fourth-order valence-corrected chi connectivity index (χ4v) is 2.05. The second-order valence-corrected chi connectivity index (χ2v) is 5.39. The molecule has 0 fully saturated rings. The molecule has 0 aromatic rings. The molecule has 0 aliphatic rings. The maximum atomic E-state index is 5.47. The summed E-state index contributed by atoms with van der Waals surface area (Å²) in [5.74, 6) is 0. The molecule has 0 bridgehead atoms. The normalized spacial score (nSPS) is 12.0. The molecule has 0 radical (unpaired) electrons. The minimum Gasteiger partial charge on any atom is -0.382 e. The molecule has 0 amide bonds.